The Balaban J connectivity index is 1.89. The minimum atomic E-state index is -0.618. The van der Waals surface area contributed by atoms with Crippen LogP contribution in [0.5, 0.6) is 11.5 Å². The first-order chi connectivity index (χ1) is 10.1. The minimum absolute atomic E-state index is 0.143. The van der Waals surface area contributed by atoms with E-state index < -0.39 is 5.97 Å². The van der Waals surface area contributed by atoms with Gasteiger partial charge < -0.3 is 14.8 Å². The molecular weight excluding hydrogens is 296 g/mol. The van der Waals surface area contributed by atoms with Crippen molar-refractivity contribution < 1.29 is 19.1 Å². The summed E-state index contributed by atoms with van der Waals surface area (Å²) >= 11 is 5.78. The molecule has 1 amide bonds. The molecule has 1 aliphatic heterocycles. The number of amides is 1. The van der Waals surface area contributed by atoms with Crippen LogP contribution < -0.4 is 14.8 Å². The van der Waals surface area contributed by atoms with Crippen LogP contribution in [0.1, 0.15) is 10.4 Å². The number of hydrogen-bond acceptors (Lipinski definition) is 5. The highest BCUT2D eigenvalue weighted by Gasteiger charge is 2.23. The number of fused-ring (bicyclic) bond motifs is 1. The number of aromatic nitrogens is 1. The zero-order chi connectivity index (χ0) is 14.8. The Bertz CT molecular complexity index is 733. The first-order valence-electron chi connectivity index (χ1n) is 6.02. The summed E-state index contributed by atoms with van der Waals surface area (Å²) in [5.41, 5.74) is 0.650. The zero-order valence-corrected chi connectivity index (χ0v) is 11.4. The number of hydrogen-bond donors (Lipinski definition) is 1. The Morgan fingerprint density at radius 3 is 3.05 bits per heavy atom. The summed E-state index contributed by atoms with van der Waals surface area (Å²) in [6.45, 7) is -0.143. The van der Waals surface area contributed by atoms with Crippen LogP contribution in [0.2, 0.25) is 5.02 Å². The molecular formula is C14H9ClN2O4. The standard InChI is InChI=1S/C14H9ClN2O4/c15-8-4-9(6-16-5-8)21-14(19)10-2-1-3-11-13(10)20-7-12(18)17-11/h1-6H,7H2,(H,17,18). The third-order valence-electron chi connectivity index (χ3n) is 2.75. The van der Waals surface area contributed by atoms with Crippen molar-refractivity contribution in [2.45, 2.75) is 0 Å². The maximum atomic E-state index is 12.2. The van der Waals surface area contributed by atoms with Crippen LogP contribution in [0.15, 0.2) is 36.7 Å². The highest BCUT2D eigenvalue weighted by Crippen LogP contribution is 2.32. The second-order valence-corrected chi connectivity index (χ2v) is 4.68. The first kappa shape index (κ1) is 13.4. The number of benzene rings is 1. The van der Waals surface area contributed by atoms with E-state index in [9.17, 15) is 9.59 Å². The van der Waals surface area contributed by atoms with Gasteiger partial charge in [0.1, 0.15) is 5.56 Å². The maximum Gasteiger partial charge on any atom is 0.347 e. The van der Waals surface area contributed by atoms with Gasteiger partial charge in [0, 0.05) is 12.3 Å². The number of nitrogens with one attached hydrogen (secondary N) is 1. The highest BCUT2D eigenvalue weighted by molar-refractivity contribution is 6.30. The summed E-state index contributed by atoms with van der Waals surface area (Å²) in [7, 11) is 0. The van der Waals surface area contributed by atoms with E-state index in [1.165, 1.54) is 18.5 Å². The van der Waals surface area contributed by atoms with Crippen molar-refractivity contribution in [1.29, 1.82) is 0 Å². The van der Waals surface area contributed by atoms with E-state index in [1.807, 2.05) is 0 Å². The molecule has 0 bridgehead atoms. The summed E-state index contributed by atoms with van der Waals surface area (Å²) in [5, 5.41) is 2.98. The number of rotatable bonds is 2. The molecule has 6 nitrogen and oxygen atoms in total. The summed E-state index contributed by atoms with van der Waals surface area (Å²) in [6, 6.07) is 6.30. The van der Waals surface area contributed by atoms with E-state index in [2.05, 4.69) is 10.3 Å². The molecule has 2 aromatic rings. The van der Waals surface area contributed by atoms with Gasteiger partial charge in [-0.1, -0.05) is 17.7 Å². The van der Waals surface area contributed by atoms with E-state index in [0.717, 1.165) is 0 Å². The molecule has 0 saturated heterocycles. The van der Waals surface area contributed by atoms with E-state index in [1.54, 1.807) is 18.2 Å². The quantitative estimate of drug-likeness (QED) is 0.861. The number of esters is 1. The molecule has 21 heavy (non-hydrogen) atoms. The topological polar surface area (TPSA) is 77.5 Å². The molecule has 1 aromatic carbocycles. The second kappa shape index (κ2) is 5.41. The van der Waals surface area contributed by atoms with Gasteiger partial charge in [-0.2, -0.15) is 0 Å². The number of carbonyl (C=O) groups is 2. The molecule has 0 unspecified atom stereocenters. The molecule has 7 heteroatoms. The van der Waals surface area contributed by atoms with Gasteiger partial charge in [0.15, 0.2) is 18.1 Å². The third-order valence-corrected chi connectivity index (χ3v) is 2.95. The highest BCUT2D eigenvalue weighted by atomic mass is 35.5. The number of ether oxygens (including phenoxy) is 2. The Morgan fingerprint density at radius 2 is 2.24 bits per heavy atom. The number of halogens is 1. The Hall–Kier alpha value is -2.60. The molecule has 0 fully saturated rings. The minimum Gasteiger partial charge on any atom is -0.481 e. The molecule has 1 aliphatic rings. The molecule has 106 valence electrons. The molecule has 2 heterocycles. The number of carbonyl (C=O) groups excluding carboxylic acids is 2. The van der Waals surface area contributed by atoms with Gasteiger partial charge in [-0.15, -0.1) is 0 Å². The smallest absolute Gasteiger partial charge is 0.347 e. The van der Waals surface area contributed by atoms with Crippen molar-refractivity contribution >= 4 is 29.2 Å². The van der Waals surface area contributed by atoms with Gasteiger partial charge in [0.05, 0.1) is 16.9 Å². The Kier molecular flexibility index (Phi) is 3.45. The van der Waals surface area contributed by atoms with Crippen LogP contribution in [-0.4, -0.2) is 23.5 Å². The normalized spacial score (nSPS) is 12.9. The first-order valence-corrected chi connectivity index (χ1v) is 6.39. The lowest BCUT2D eigenvalue weighted by Crippen LogP contribution is -2.27. The van der Waals surface area contributed by atoms with Crippen molar-refractivity contribution in [2.24, 2.45) is 0 Å². The van der Waals surface area contributed by atoms with Gasteiger partial charge >= 0.3 is 5.97 Å². The summed E-state index contributed by atoms with van der Waals surface area (Å²) in [5.74, 6) is -0.374. The fraction of sp³-hybridized carbons (Fsp3) is 0.0714. The lowest BCUT2D eigenvalue weighted by atomic mass is 10.1. The van der Waals surface area contributed by atoms with Crippen molar-refractivity contribution in [3.8, 4) is 11.5 Å². The summed E-state index contributed by atoms with van der Waals surface area (Å²) in [4.78, 5) is 27.3. The van der Waals surface area contributed by atoms with Gasteiger partial charge in [0.2, 0.25) is 0 Å². The average Bonchev–Trinajstić information content (AvgIpc) is 2.46. The predicted molar refractivity (Wildman–Crippen MR) is 74.8 cm³/mol. The van der Waals surface area contributed by atoms with Gasteiger partial charge in [-0.3, -0.25) is 9.78 Å². The number of pyridine rings is 1. The fourth-order valence-corrected chi connectivity index (χ4v) is 2.05. The van der Waals surface area contributed by atoms with Crippen LogP contribution in [0.3, 0.4) is 0 Å². The number of nitrogens with zero attached hydrogens (tertiary/aromatic N) is 1. The number of para-hydroxylation sites is 1. The van der Waals surface area contributed by atoms with Crippen molar-refractivity contribution in [3.05, 3.63) is 47.2 Å². The van der Waals surface area contributed by atoms with Crippen LogP contribution in [-0.2, 0) is 4.79 Å². The maximum absolute atomic E-state index is 12.2. The fourth-order valence-electron chi connectivity index (χ4n) is 1.89. The second-order valence-electron chi connectivity index (χ2n) is 4.25. The zero-order valence-electron chi connectivity index (χ0n) is 10.6. The van der Waals surface area contributed by atoms with E-state index in [0.29, 0.717) is 10.7 Å². The summed E-state index contributed by atoms with van der Waals surface area (Å²) < 4.78 is 10.5. The summed E-state index contributed by atoms with van der Waals surface area (Å²) in [6.07, 6.45) is 2.81. The Labute approximate surface area is 124 Å². The molecule has 0 atom stereocenters. The molecule has 0 spiro atoms. The van der Waals surface area contributed by atoms with Crippen molar-refractivity contribution in [1.82, 2.24) is 4.98 Å². The van der Waals surface area contributed by atoms with Gasteiger partial charge in [-0.05, 0) is 12.1 Å². The SMILES string of the molecule is O=C1COc2c(cccc2C(=O)Oc2cncc(Cl)c2)N1. The molecule has 0 radical (unpaired) electrons. The van der Waals surface area contributed by atoms with Crippen LogP contribution in [0.25, 0.3) is 0 Å². The van der Waals surface area contributed by atoms with E-state index in [-0.39, 0.29) is 29.6 Å². The van der Waals surface area contributed by atoms with Crippen LogP contribution >= 0.6 is 11.6 Å². The average molecular weight is 305 g/mol. The number of anilines is 1. The van der Waals surface area contributed by atoms with Crippen LogP contribution in [0.4, 0.5) is 5.69 Å². The van der Waals surface area contributed by atoms with Gasteiger partial charge in [-0.25, -0.2) is 4.79 Å². The lowest BCUT2D eigenvalue weighted by Gasteiger charge is -2.19. The lowest BCUT2D eigenvalue weighted by molar-refractivity contribution is -0.118. The Morgan fingerprint density at radius 1 is 1.38 bits per heavy atom. The molecule has 1 N–H and O–H groups in total. The monoisotopic (exact) mass is 304 g/mol. The van der Waals surface area contributed by atoms with Crippen molar-refractivity contribution in [3.63, 3.8) is 0 Å². The van der Waals surface area contributed by atoms with E-state index >= 15 is 0 Å². The van der Waals surface area contributed by atoms with Crippen LogP contribution in [0, 0.1) is 0 Å². The third kappa shape index (κ3) is 2.80. The molecule has 0 saturated carbocycles. The molecule has 3 rings (SSSR count). The predicted octanol–water partition coefficient (Wildman–Crippen LogP) is 2.29. The molecule has 1 aromatic heterocycles. The van der Waals surface area contributed by atoms with Crippen molar-refractivity contribution in [2.75, 3.05) is 11.9 Å². The molecule has 0 aliphatic carbocycles. The van der Waals surface area contributed by atoms with Gasteiger partial charge in [0.25, 0.3) is 5.91 Å². The largest absolute Gasteiger partial charge is 0.481 e. The van der Waals surface area contributed by atoms with E-state index in [4.69, 9.17) is 21.1 Å².